The second-order valence-electron chi connectivity index (χ2n) is 6.84. The third-order valence-electron chi connectivity index (χ3n) is 5.42. The average Bonchev–Trinajstić information content (AvgIpc) is 3.01. The molecule has 130 valence electrons. The van der Waals surface area contributed by atoms with Gasteiger partial charge in [-0.2, -0.15) is 0 Å². The Morgan fingerprint density at radius 2 is 2.17 bits per heavy atom. The van der Waals surface area contributed by atoms with Crippen molar-refractivity contribution in [2.45, 2.75) is 62.8 Å². The minimum atomic E-state index is -0.299. The van der Waals surface area contributed by atoms with Crippen LogP contribution in [0, 0.1) is 0 Å². The summed E-state index contributed by atoms with van der Waals surface area (Å²) in [5.74, 6) is 1.51. The van der Waals surface area contributed by atoms with Gasteiger partial charge in [0.15, 0.2) is 0 Å². The summed E-state index contributed by atoms with van der Waals surface area (Å²) in [6.45, 7) is 0.881. The van der Waals surface area contributed by atoms with Gasteiger partial charge >= 0.3 is 0 Å². The fraction of sp³-hybridized carbons (Fsp3) is 0.706. The number of nitrogens with one attached hydrogen (secondary N) is 1. The van der Waals surface area contributed by atoms with Gasteiger partial charge in [0.05, 0.1) is 19.3 Å². The number of hydrogen-bond donors (Lipinski definition) is 1. The molecule has 0 aromatic carbocycles. The summed E-state index contributed by atoms with van der Waals surface area (Å²) >= 11 is 0. The summed E-state index contributed by atoms with van der Waals surface area (Å²) in [6.07, 6.45) is 7.38. The van der Waals surface area contributed by atoms with Gasteiger partial charge in [-0.05, 0) is 38.5 Å². The number of carbonyl (C=O) groups excluding carboxylic acids is 1. The van der Waals surface area contributed by atoms with Crippen molar-refractivity contribution in [3.05, 3.63) is 12.4 Å². The maximum Gasteiger partial charge on any atom is 0.249 e. The topological polar surface area (TPSA) is 76.6 Å². The Labute approximate surface area is 141 Å². The van der Waals surface area contributed by atoms with Crippen molar-refractivity contribution in [1.29, 1.82) is 0 Å². The van der Waals surface area contributed by atoms with Gasteiger partial charge < -0.3 is 19.7 Å². The first-order valence-corrected chi connectivity index (χ1v) is 8.83. The van der Waals surface area contributed by atoms with E-state index in [-0.39, 0.29) is 24.2 Å². The number of rotatable bonds is 4. The largest absolute Gasteiger partial charge is 0.481 e. The molecule has 2 aliphatic heterocycles. The van der Waals surface area contributed by atoms with Crippen LogP contribution in [-0.2, 0) is 9.53 Å². The van der Waals surface area contributed by atoms with E-state index in [1.807, 2.05) is 6.07 Å². The molecule has 24 heavy (non-hydrogen) atoms. The molecule has 0 unspecified atom stereocenters. The smallest absolute Gasteiger partial charge is 0.249 e. The van der Waals surface area contributed by atoms with E-state index in [4.69, 9.17) is 9.47 Å². The lowest BCUT2D eigenvalue weighted by Crippen LogP contribution is -2.51. The molecule has 0 radical (unpaired) electrons. The van der Waals surface area contributed by atoms with Crippen LogP contribution in [-0.4, -0.2) is 53.8 Å². The number of nitrogens with zero attached hydrogens (tertiary/aromatic N) is 3. The van der Waals surface area contributed by atoms with E-state index in [1.54, 1.807) is 7.11 Å². The third kappa shape index (κ3) is 2.92. The Morgan fingerprint density at radius 1 is 1.29 bits per heavy atom. The zero-order chi connectivity index (χ0) is 16.5. The van der Waals surface area contributed by atoms with E-state index in [1.165, 1.54) is 12.7 Å². The lowest BCUT2D eigenvalue weighted by Gasteiger charge is -2.37. The van der Waals surface area contributed by atoms with Gasteiger partial charge in [-0.1, -0.05) is 0 Å². The number of amides is 1. The normalized spacial score (nSPS) is 29.7. The highest BCUT2D eigenvalue weighted by Crippen LogP contribution is 2.34. The van der Waals surface area contributed by atoms with Crippen molar-refractivity contribution in [1.82, 2.24) is 15.3 Å². The Balaban J connectivity index is 1.39. The molecule has 1 aromatic rings. The predicted molar refractivity (Wildman–Crippen MR) is 88.0 cm³/mol. The Bertz CT molecular complexity index is 607. The molecular weight excluding hydrogens is 308 g/mol. The maximum atomic E-state index is 12.3. The number of carbonyl (C=O) groups is 1. The first-order valence-electron chi connectivity index (χ1n) is 8.83. The molecule has 1 N–H and O–H groups in total. The minimum Gasteiger partial charge on any atom is -0.481 e. The highest BCUT2D eigenvalue weighted by Gasteiger charge is 2.42. The van der Waals surface area contributed by atoms with E-state index < -0.39 is 0 Å². The van der Waals surface area contributed by atoms with E-state index in [2.05, 4.69) is 20.2 Å². The SMILES string of the molecule is COc1cc(N2CC[C@@H]3O[C@@H](C(=O)NC4CCC4)CC[C@@H]32)ncn1. The Hall–Kier alpha value is -1.89. The number of ether oxygens (including phenoxy) is 2. The molecule has 1 saturated carbocycles. The van der Waals surface area contributed by atoms with Gasteiger partial charge in [-0.15, -0.1) is 0 Å². The highest BCUT2D eigenvalue weighted by molar-refractivity contribution is 5.81. The Morgan fingerprint density at radius 3 is 2.92 bits per heavy atom. The summed E-state index contributed by atoms with van der Waals surface area (Å²) in [5.41, 5.74) is 0. The molecule has 0 spiro atoms. The summed E-state index contributed by atoms with van der Waals surface area (Å²) in [7, 11) is 1.61. The van der Waals surface area contributed by atoms with Crippen LogP contribution in [0.3, 0.4) is 0 Å². The molecule has 1 aromatic heterocycles. The zero-order valence-corrected chi connectivity index (χ0v) is 14.0. The standard InChI is InChI=1S/C17H24N4O3/c1-23-16-9-15(18-10-19-16)21-8-7-13-12(21)5-6-14(24-13)17(22)20-11-3-2-4-11/h9-14H,2-8H2,1H3,(H,20,22)/t12-,13-,14+/m0/s1. The molecule has 3 aliphatic rings. The van der Waals surface area contributed by atoms with Crippen LogP contribution in [0.5, 0.6) is 5.88 Å². The van der Waals surface area contributed by atoms with Crippen LogP contribution in [0.25, 0.3) is 0 Å². The molecule has 0 bridgehead atoms. The second kappa shape index (κ2) is 6.55. The number of aromatic nitrogens is 2. The fourth-order valence-electron chi connectivity index (χ4n) is 3.85. The van der Waals surface area contributed by atoms with E-state index >= 15 is 0 Å². The van der Waals surface area contributed by atoms with Crippen molar-refractivity contribution in [3.8, 4) is 5.88 Å². The summed E-state index contributed by atoms with van der Waals surface area (Å²) in [4.78, 5) is 23.0. The average molecular weight is 332 g/mol. The molecule has 3 heterocycles. The number of methoxy groups -OCH3 is 1. The number of hydrogen-bond acceptors (Lipinski definition) is 6. The van der Waals surface area contributed by atoms with Crippen molar-refractivity contribution < 1.29 is 14.3 Å². The second-order valence-corrected chi connectivity index (χ2v) is 6.84. The Kier molecular flexibility index (Phi) is 4.26. The molecule has 2 saturated heterocycles. The van der Waals surface area contributed by atoms with Crippen molar-refractivity contribution >= 4 is 11.7 Å². The quantitative estimate of drug-likeness (QED) is 0.895. The van der Waals surface area contributed by atoms with Crippen LogP contribution in [0.2, 0.25) is 0 Å². The van der Waals surface area contributed by atoms with Crippen LogP contribution in [0.4, 0.5) is 5.82 Å². The van der Waals surface area contributed by atoms with Crippen LogP contribution in [0.1, 0.15) is 38.5 Å². The van der Waals surface area contributed by atoms with Gasteiger partial charge in [0.25, 0.3) is 0 Å². The lowest BCUT2D eigenvalue weighted by atomic mass is 9.92. The summed E-state index contributed by atoms with van der Waals surface area (Å²) in [5, 5.41) is 3.11. The molecule has 7 heteroatoms. The van der Waals surface area contributed by atoms with Crippen molar-refractivity contribution in [2.24, 2.45) is 0 Å². The summed E-state index contributed by atoms with van der Waals surface area (Å²) < 4.78 is 11.3. The van der Waals surface area contributed by atoms with Crippen LogP contribution >= 0.6 is 0 Å². The molecule has 1 amide bonds. The minimum absolute atomic E-state index is 0.0697. The first-order chi connectivity index (χ1) is 11.7. The number of anilines is 1. The molecule has 3 atom stereocenters. The van der Waals surface area contributed by atoms with Crippen molar-refractivity contribution in [3.63, 3.8) is 0 Å². The van der Waals surface area contributed by atoms with Gasteiger partial charge in [-0.25, -0.2) is 9.97 Å². The van der Waals surface area contributed by atoms with Gasteiger partial charge in [-0.3, -0.25) is 4.79 Å². The zero-order valence-electron chi connectivity index (χ0n) is 14.0. The van der Waals surface area contributed by atoms with Crippen molar-refractivity contribution in [2.75, 3.05) is 18.6 Å². The lowest BCUT2D eigenvalue weighted by molar-refractivity contribution is -0.142. The maximum absolute atomic E-state index is 12.3. The fourth-order valence-corrected chi connectivity index (χ4v) is 3.85. The van der Waals surface area contributed by atoms with E-state index in [0.717, 1.165) is 44.5 Å². The first kappa shape index (κ1) is 15.6. The monoisotopic (exact) mass is 332 g/mol. The highest BCUT2D eigenvalue weighted by atomic mass is 16.5. The molecule has 3 fully saturated rings. The van der Waals surface area contributed by atoms with Crippen LogP contribution in [0.15, 0.2) is 12.4 Å². The van der Waals surface area contributed by atoms with Gasteiger partial charge in [0.2, 0.25) is 11.8 Å². The molecule has 7 nitrogen and oxygen atoms in total. The molecule has 4 rings (SSSR count). The predicted octanol–water partition coefficient (Wildman–Crippen LogP) is 1.28. The van der Waals surface area contributed by atoms with Crippen LogP contribution < -0.4 is 15.0 Å². The van der Waals surface area contributed by atoms with Gasteiger partial charge in [0, 0.05) is 18.7 Å². The summed E-state index contributed by atoms with van der Waals surface area (Å²) in [6, 6.07) is 2.50. The van der Waals surface area contributed by atoms with E-state index in [0.29, 0.717) is 11.9 Å². The third-order valence-corrected chi connectivity index (χ3v) is 5.42. The van der Waals surface area contributed by atoms with E-state index in [9.17, 15) is 4.79 Å². The molecular formula is C17H24N4O3. The number of fused-ring (bicyclic) bond motifs is 1. The molecule has 1 aliphatic carbocycles. The van der Waals surface area contributed by atoms with Gasteiger partial charge in [0.1, 0.15) is 18.2 Å².